The molecule has 0 aliphatic rings. The molecule has 0 aliphatic carbocycles. The minimum Gasteiger partial charge on any atom is -0.330 e. The lowest BCUT2D eigenvalue weighted by Gasteiger charge is -2.29. The van der Waals surface area contributed by atoms with E-state index in [1.807, 2.05) is 12.1 Å². The third-order valence-electron chi connectivity index (χ3n) is 2.62. The van der Waals surface area contributed by atoms with Crippen molar-refractivity contribution in [3.8, 4) is 0 Å². The summed E-state index contributed by atoms with van der Waals surface area (Å²) < 4.78 is 0. The molecule has 0 amide bonds. The number of hydrogen-bond donors (Lipinski definition) is 1. The zero-order chi connectivity index (χ0) is 12.2. The Kier molecular flexibility index (Phi) is 4.78. The topological polar surface area (TPSA) is 29.3 Å². The summed E-state index contributed by atoms with van der Waals surface area (Å²) in [5.41, 5.74) is 7.17. The van der Waals surface area contributed by atoms with Gasteiger partial charge in [-0.05, 0) is 36.7 Å². The first-order chi connectivity index (χ1) is 7.43. The van der Waals surface area contributed by atoms with E-state index in [1.165, 1.54) is 5.56 Å². The van der Waals surface area contributed by atoms with Crippen LogP contribution in [0.3, 0.4) is 0 Å². The Bertz CT molecular complexity index is 319. The van der Waals surface area contributed by atoms with Gasteiger partial charge in [0.1, 0.15) is 0 Å². The number of rotatable bonds is 5. The molecule has 0 saturated heterocycles. The number of nitrogens with two attached hydrogens (primary N) is 1. The average Bonchev–Trinajstić information content (AvgIpc) is 2.21. The van der Waals surface area contributed by atoms with Gasteiger partial charge in [-0.3, -0.25) is 0 Å². The summed E-state index contributed by atoms with van der Waals surface area (Å²) in [5, 5.41) is 0.786. The van der Waals surface area contributed by atoms with Crippen molar-refractivity contribution in [2.75, 3.05) is 20.1 Å². The molecular weight excluding hydrogens is 220 g/mol. The van der Waals surface area contributed by atoms with Gasteiger partial charge in [0.2, 0.25) is 0 Å². The van der Waals surface area contributed by atoms with E-state index in [2.05, 4.69) is 37.9 Å². The van der Waals surface area contributed by atoms with Crippen molar-refractivity contribution >= 4 is 11.6 Å². The monoisotopic (exact) mass is 240 g/mol. The average molecular weight is 241 g/mol. The number of halogens is 1. The van der Waals surface area contributed by atoms with Gasteiger partial charge in [-0.15, -0.1) is 0 Å². The van der Waals surface area contributed by atoms with Crippen LogP contribution in [-0.4, -0.2) is 25.0 Å². The van der Waals surface area contributed by atoms with Crippen molar-refractivity contribution < 1.29 is 0 Å². The number of benzene rings is 1. The van der Waals surface area contributed by atoms with E-state index >= 15 is 0 Å². The Labute approximate surface area is 103 Å². The maximum atomic E-state index is 5.85. The predicted molar refractivity (Wildman–Crippen MR) is 70.6 cm³/mol. The van der Waals surface area contributed by atoms with Gasteiger partial charge in [0.15, 0.2) is 0 Å². The summed E-state index contributed by atoms with van der Waals surface area (Å²) in [5.74, 6) is 0. The van der Waals surface area contributed by atoms with Crippen LogP contribution in [-0.2, 0) is 6.54 Å². The Morgan fingerprint density at radius 2 is 1.81 bits per heavy atom. The summed E-state index contributed by atoms with van der Waals surface area (Å²) in [7, 11) is 2.12. The summed E-state index contributed by atoms with van der Waals surface area (Å²) in [4.78, 5) is 2.29. The fourth-order valence-corrected chi connectivity index (χ4v) is 1.88. The van der Waals surface area contributed by atoms with Crippen LogP contribution < -0.4 is 5.73 Å². The van der Waals surface area contributed by atoms with E-state index in [0.717, 1.165) is 18.1 Å². The molecule has 2 nitrogen and oxygen atoms in total. The normalized spacial score (nSPS) is 12.1. The van der Waals surface area contributed by atoms with Gasteiger partial charge in [0.05, 0.1) is 0 Å². The Morgan fingerprint density at radius 3 is 2.31 bits per heavy atom. The Morgan fingerprint density at radius 1 is 1.25 bits per heavy atom. The van der Waals surface area contributed by atoms with E-state index < -0.39 is 0 Å². The molecule has 0 aliphatic heterocycles. The highest BCUT2D eigenvalue weighted by Crippen LogP contribution is 2.16. The van der Waals surface area contributed by atoms with E-state index in [0.29, 0.717) is 6.54 Å². The first kappa shape index (κ1) is 13.5. The molecule has 0 spiro atoms. The molecule has 0 aromatic heterocycles. The highest BCUT2D eigenvalue weighted by molar-refractivity contribution is 6.30. The van der Waals surface area contributed by atoms with Crippen LogP contribution >= 0.6 is 11.6 Å². The molecule has 1 aromatic rings. The van der Waals surface area contributed by atoms with Crippen LogP contribution in [0, 0.1) is 5.41 Å². The van der Waals surface area contributed by atoms with Crippen LogP contribution in [0.2, 0.25) is 5.02 Å². The molecule has 0 heterocycles. The van der Waals surface area contributed by atoms with Crippen molar-refractivity contribution in [2.24, 2.45) is 11.1 Å². The second kappa shape index (κ2) is 5.67. The molecule has 0 radical (unpaired) electrons. The largest absolute Gasteiger partial charge is 0.330 e. The van der Waals surface area contributed by atoms with Gasteiger partial charge >= 0.3 is 0 Å². The van der Waals surface area contributed by atoms with Gasteiger partial charge in [-0.25, -0.2) is 0 Å². The lowest BCUT2D eigenvalue weighted by Crippen LogP contribution is -2.36. The van der Waals surface area contributed by atoms with Crippen LogP contribution in [0.25, 0.3) is 0 Å². The highest BCUT2D eigenvalue weighted by atomic mass is 35.5. The fourth-order valence-electron chi connectivity index (χ4n) is 1.75. The zero-order valence-corrected chi connectivity index (χ0v) is 11.1. The molecule has 2 N–H and O–H groups in total. The summed E-state index contributed by atoms with van der Waals surface area (Å²) >= 11 is 5.85. The van der Waals surface area contributed by atoms with Gasteiger partial charge in [0, 0.05) is 18.1 Å². The second-order valence-corrected chi connectivity index (χ2v) is 5.60. The second-order valence-electron chi connectivity index (χ2n) is 5.17. The van der Waals surface area contributed by atoms with Gasteiger partial charge < -0.3 is 10.6 Å². The SMILES string of the molecule is CN(Cc1ccc(Cl)cc1)CC(C)(C)CN. The summed E-state index contributed by atoms with van der Waals surface area (Å²) in [6.07, 6.45) is 0. The molecule has 0 bridgehead atoms. The van der Waals surface area contributed by atoms with Gasteiger partial charge in [-0.2, -0.15) is 0 Å². The molecule has 1 rings (SSSR count). The van der Waals surface area contributed by atoms with Crippen LogP contribution in [0.5, 0.6) is 0 Å². The van der Waals surface area contributed by atoms with Gasteiger partial charge in [0.25, 0.3) is 0 Å². The molecule has 0 atom stereocenters. The Balaban J connectivity index is 2.51. The van der Waals surface area contributed by atoms with E-state index in [9.17, 15) is 0 Å². The van der Waals surface area contributed by atoms with Gasteiger partial charge in [-0.1, -0.05) is 37.6 Å². The van der Waals surface area contributed by atoms with Crippen molar-refractivity contribution in [1.82, 2.24) is 4.90 Å². The first-order valence-corrected chi connectivity index (χ1v) is 5.94. The molecule has 16 heavy (non-hydrogen) atoms. The quantitative estimate of drug-likeness (QED) is 0.858. The lowest BCUT2D eigenvalue weighted by molar-refractivity contribution is 0.210. The minimum absolute atomic E-state index is 0.168. The lowest BCUT2D eigenvalue weighted by atomic mass is 9.93. The number of nitrogens with zero attached hydrogens (tertiary/aromatic N) is 1. The third kappa shape index (κ3) is 4.52. The zero-order valence-electron chi connectivity index (χ0n) is 10.3. The van der Waals surface area contributed by atoms with Crippen LogP contribution in [0.1, 0.15) is 19.4 Å². The molecular formula is C13H21ClN2. The number of hydrogen-bond acceptors (Lipinski definition) is 2. The third-order valence-corrected chi connectivity index (χ3v) is 2.87. The molecule has 0 saturated carbocycles. The standard InChI is InChI=1S/C13H21ClN2/c1-13(2,9-15)10-16(3)8-11-4-6-12(14)7-5-11/h4-7H,8-10,15H2,1-3H3. The molecule has 3 heteroatoms. The van der Waals surface area contributed by atoms with E-state index in [4.69, 9.17) is 17.3 Å². The summed E-state index contributed by atoms with van der Waals surface area (Å²) in [6.45, 7) is 7.00. The van der Waals surface area contributed by atoms with Crippen LogP contribution in [0.15, 0.2) is 24.3 Å². The van der Waals surface area contributed by atoms with Crippen molar-refractivity contribution in [3.63, 3.8) is 0 Å². The maximum Gasteiger partial charge on any atom is 0.0406 e. The van der Waals surface area contributed by atoms with E-state index in [1.54, 1.807) is 0 Å². The van der Waals surface area contributed by atoms with Crippen molar-refractivity contribution in [3.05, 3.63) is 34.9 Å². The maximum absolute atomic E-state index is 5.85. The molecule has 90 valence electrons. The van der Waals surface area contributed by atoms with Crippen molar-refractivity contribution in [2.45, 2.75) is 20.4 Å². The smallest absolute Gasteiger partial charge is 0.0406 e. The Hall–Kier alpha value is -0.570. The van der Waals surface area contributed by atoms with Crippen LogP contribution in [0.4, 0.5) is 0 Å². The predicted octanol–water partition coefficient (Wildman–Crippen LogP) is 2.76. The molecule has 0 fully saturated rings. The van der Waals surface area contributed by atoms with E-state index in [-0.39, 0.29) is 5.41 Å². The summed E-state index contributed by atoms with van der Waals surface area (Å²) in [6, 6.07) is 7.99. The fraction of sp³-hybridized carbons (Fsp3) is 0.538. The molecule has 1 aromatic carbocycles. The minimum atomic E-state index is 0.168. The highest BCUT2D eigenvalue weighted by Gasteiger charge is 2.17. The first-order valence-electron chi connectivity index (χ1n) is 5.56. The molecule has 0 unspecified atom stereocenters. The van der Waals surface area contributed by atoms with Crippen molar-refractivity contribution in [1.29, 1.82) is 0 Å².